The lowest BCUT2D eigenvalue weighted by Crippen LogP contribution is -2.56. The van der Waals surface area contributed by atoms with Crippen molar-refractivity contribution in [1.82, 2.24) is 0 Å². The minimum Gasteiger partial charge on any atom is -0.481 e. The molecule has 0 rings (SSSR count). The fourth-order valence-corrected chi connectivity index (χ4v) is 4.58. The highest BCUT2D eigenvalue weighted by Crippen LogP contribution is 2.61. The van der Waals surface area contributed by atoms with E-state index in [-0.39, 0.29) is 0 Å². The lowest BCUT2D eigenvalue weighted by molar-refractivity contribution is -0.159. The van der Waals surface area contributed by atoms with Crippen molar-refractivity contribution >= 4 is 33.1 Å². The maximum absolute atomic E-state index is 11.6. The molecule has 3 atom stereocenters. The van der Waals surface area contributed by atoms with Gasteiger partial charge < -0.3 is 34.9 Å². The van der Waals surface area contributed by atoms with E-state index in [1.807, 2.05) is 0 Å². The van der Waals surface area contributed by atoms with E-state index in [0.29, 0.717) is 6.92 Å². The van der Waals surface area contributed by atoms with Gasteiger partial charge in [0.15, 0.2) is 5.16 Å². The molecular formula is C8H14O12P2. The molecule has 7 N–H and O–H groups in total. The Kier molecular flexibility index (Phi) is 6.07. The van der Waals surface area contributed by atoms with Crippen molar-refractivity contribution in [1.29, 1.82) is 0 Å². The van der Waals surface area contributed by atoms with Crippen LogP contribution in [0.4, 0.5) is 0 Å². The summed E-state index contributed by atoms with van der Waals surface area (Å²) in [5, 5.41) is 23.2. The van der Waals surface area contributed by atoms with Crippen LogP contribution in [0.2, 0.25) is 0 Å². The van der Waals surface area contributed by atoms with Gasteiger partial charge in [0.2, 0.25) is 0 Å². The second kappa shape index (κ2) is 6.45. The average molecular weight is 364 g/mol. The van der Waals surface area contributed by atoms with Crippen molar-refractivity contribution in [3.8, 4) is 0 Å². The first-order valence-corrected chi connectivity index (χ1v) is 8.79. The van der Waals surface area contributed by atoms with E-state index >= 15 is 0 Å². The summed E-state index contributed by atoms with van der Waals surface area (Å²) in [5.74, 6) is -12.1. The molecule has 0 aromatic heterocycles. The molecule has 0 fully saturated rings. The number of aliphatic carboxylic acids is 3. The van der Waals surface area contributed by atoms with Gasteiger partial charge >= 0.3 is 33.1 Å². The van der Waals surface area contributed by atoms with E-state index in [4.69, 9.17) is 25.1 Å². The van der Waals surface area contributed by atoms with E-state index in [0.717, 1.165) is 0 Å². The summed E-state index contributed by atoms with van der Waals surface area (Å²) in [7, 11) is -11.2. The summed E-state index contributed by atoms with van der Waals surface area (Å²) >= 11 is 0. The molecule has 0 aromatic rings. The van der Waals surface area contributed by atoms with E-state index in [1.165, 1.54) is 0 Å². The number of hydrogen-bond donors (Lipinski definition) is 7. The molecule has 0 amide bonds. The van der Waals surface area contributed by atoms with Gasteiger partial charge in [-0.1, -0.05) is 6.92 Å². The number of hydrogen-bond acceptors (Lipinski definition) is 5. The Labute approximate surface area is 122 Å². The normalized spacial score (nSPS) is 18.0. The molecular weight excluding hydrogens is 350 g/mol. The Morgan fingerprint density at radius 3 is 1.55 bits per heavy atom. The summed E-state index contributed by atoms with van der Waals surface area (Å²) in [6.07, 6.45) is -1.75. The summed E-state index contributed by atoms with van der Waals surface area (Å²) in [5.41, 5.74) is 0. The molecule has 128 valence electrons. The molecule has 3 unspecified atom stereocenters. The minimum atomic E-state index is -5.97. The number of carbonyl (C=O) groups is 3. The summed E-state index contributed by atoms with van der Waals surface area (Å²) in [6.45, 7) is 0.533. The van der Waals surface area contributed by atoms with Crippen molar-refractivity contribution in [2.45, 2.75) is 12.1 Å². The first-order valence-electron chi connectivity index (χ1n) is 5.38. The zero-order valence-corrected chi connectivity index (χ0v) is 12.7. The average Bonchev–Trinajstić information content (AvgIpc) is 2.23. The molecule has 0 aromatic carbocycles. The Morgan fingerprint density at radius 1 is 0.955 bits per heavy atom. The van der Waals surface area contributed by atoms with E-state index in [9.17, 15) is 33.3 Å². The van der Waals surface area contributed by atoms with Crippen LogP contribution in [-0.2, 0) is 23.5 Å². The highest BCUT2D eigenvalue weighted by Gasteiger charge is 2.67. The van der Waals surface area contributed by atoms with Gasteiger partial charge in [-0.3, -0.25) is 23.5 Å². The molecule has 0 aliphatic heterocycles. The Morgan fingerprint density at radius 2 is 1.36 bits per heavy atom. The summed E-state index contributed by atoms with van der Waals surface area (Å²) in [4.78, 5) is 69.7. The quantitative estimate of drug-likeness (QED) is 0.246. The lowest BCUT2D eigenvalue weighted by atomic mass is 9.82. The van der Waals surface area contributed by atoms with E-state index < -0.39 is 56.3 Å². The number of carboxylic acids is 3. The Hall–Kier alpha value is -1.29. The number of carboxylic acid groups (broad SMARTS) is 3. The zero-order chi connectivity index (χ0) is 18.1. The third-order valence-electron chi connectivity index (χ3n) is 3.10. The standard InChI is InChI=1S/C8H14O12P2/c1-3(5(9)10)8(7(13)14,22(18,19)20)4(6(11)12)2-21(15,16)17/h3-4H,2H2,1H3,(H,9,10)(H,11,12)(H,13,14)(H2,15,16,17)(H2,18,19,20). The minimum absolute atomic E-state index is 0.533. The van der Waals surface area contributed by atoms with Gasteiger partial charge in [-0.25, -0.2) is 0 Å². The van der Waals surface area contributed by atoms with Crippen LogP contribution in [0.15, 0.2) is 0 Å². The first kappa shape index (κ1) is 20.7. The van der Waals surface area contributed by atoms with Crippen LogP contribution in [0.5, 0.6) is 0 Å². The van der Waals surface area contributed by atoms with Gasteiger partial charge in [0.05, 0.1) is 18.0 Å². The van der Waals surface area contributed by atoms with Crippen molar-refractivity contribution in [2.24, 2.45) is 11.8 Å². The van der Waals surface area contributed by atoms with Gasteiger partial charge in [0.25, 0.3) is 0 Å². The van der Waals surface area contributed by atoms with Crippen molar-refractivity contribution in [3.05, 3.63) is 0 Å². The number of rotatable bonds is 8. The van der Waals surface area contributed by atoms with E-state index in [1.54, 1.807) is 0 Å². The molecule has 0 saturated carbocycles. The predicted octanol–water partition coefficient (Wildman–Crippen LogP) is -1.41. The maximum Gasteiger partial charge on any atom is 0.344 e. The Bertz CT molecular complexity index is 572. The van der Waals surface area contributed by atoms with Crippen LogP contribution in [0, 0.1) is 11.8 Å². The van der Waals surface area contributed by atoms with Crippen LogP contribution in [0.3, 0.4) is 0 Å². The molecule has 0 saturated heterocycles. The van der Waals surface area contributed by atoms with Crippen molar-refractivity contribution < 1.29 is 58.4 Å². The topological polar surface area (TPSA) is 227 Å². The van der Waals surface area contributed by atoms with Gasteiger partial charge in [-0.05, 0) is 0 Å². The molecule has 0 aliphatic rings. The van der Waals surface area contributed by atoms with Crippen LogP contribution < -0.4 is 0 Å². The second-order valence-electron chi connectivity index (χ2n) is 4.47. The van der Waals surface area contributed by atoms with Gasteiger partial charge in [-0.15, -0.1) is 0 Å². The predicted molar refractivity (Wildman–Crippen MR) is 67.2 cm³/mol. The van der Waals surface area contributed by atoms with Gasteiger partial charge in [-0.2, -0.15) is 0 Å². The van der Waals surface area contributed by atoms with Crippen molar-refractivity contribution in [3.63, 3.8) is 0 Å². The maximum atomic E-state index is 11.6. The third-order valence-corrected chi connectivity index (χ3v) is 5.80. The fourth-order valence-electron chi connectivity index (χ4n) is 2.05. The van der Waals surface area contributed by atoms with E-state index in [2.05, 4.69) is 0 Å². The summed E-state index contributed by atoms with van der Waals surface area (Å²) in [6, 6.07) is 0. The fraction of sp³-hybridized carbons (Fsp3) is 0.625. The molecule has 0 heterocycles. The first-order chi connectivity index (χ1) is 9.59. The molecule has 0 spiro atoms. The lowest BCUT2D eigenvalue weighted by Gasteiger charge is -2.37. The zero-order valence-electron chi connectivity index (χ0n) is 10.9. The van der Waals surface area contributed by atoms with Crippen LogP contribution in [0.25, 0.3) is 0 Å². The molecule has 0 radical (unpaired) electrons. The van der Waals surface area contributed by atoms with Crippen LogP contribution in [-0.4, -0.2) is 64.1 Å². The summed E-state index contributed by atoms with van der Waals surface area (Å²) < 4.78 is 22.6. The third kappa shape index (κ3) is 3.92. The molecule has 14 heteroatoms. The monoisotopic (exact) mass is 364 g/mol. The molecule has 0 bridgehead atoms. The Balaban J connectivity index is 6.65. The van der Waals surface area contributed by atoms with Crippen LogP contribution in [0.1, 0.15) is 6.92 Å². The largest absolute Gasteiger partial charge is 0.481 e. The molecule has 0 aliphatic carbocycles. The second-order valence-corrected chi connectivity index (χ2v) is 8.00. The SMILES string of the molecule is CC(C(=O)O)C(C(=O)O)(C(CP(=O)(O)O)C(=O)O)P(=O)(O)O. The van der Waals surface area contributed by atoms with Gasteiger partial charge in [0.1, 0.15) is 0 Å². The van der Waals surface area contributed by atoms with Gasteiger partial charge in [0, 0.05) is 0 Å². The smallest absolute Gasteiger partial charge is 0.344 e. The highest BCUT2D eigenvalue weighted by atomic mass is 31.2. The highest BCUT2D eigenvalue weighted by molar-refractivity contribution is 7.55. The van der Waals surface area contributed by atoms with Crippen molar-refractivity contribution in [2.75, 3.05) is 6.16 Å². The molecule has 12 nitrogen and oxygen atoms in total. The molecule has 22 heavy (non-hydrogen) atoms. The van der Waals surface area contributed by atoms with Crippen LogP contribution >= 0.6 is 15.2 Å².